The molecule has 0 aliphatic carbocycles. The molecule has 3 rings (SSSR count). The number of carbonyl (C=O) groups is 2. The number of fused-ring (bicyclic) bond motifs is 1. The molecule has 0 unspecified atom stereocenters. The number of rotatable bonds is 3. The number of halogens is 1. The Morgan fingerprint density at radius 2 is 1.85 bits per heavy atom. The molecule has 0 bridgehead atoms. The number of benzene rings is 2. The molecule has 0 spiro atoms. The lowest BCUT2D eigenvalue weighted by molar-refractivity contribution is -0.303. The molecular weight excluding hydrogens is 366 g/mol. The number of hydrogen-bond donors (Lipinski definition) is 0. The Morgan fingerprint density at radius 3 is 2.44 bits per heavy atom. The molecule has 0 saturated heterocycles. The Kier molecular flexibility index (Phi) is 4.98. The minimum absolute atomic E-state index is 0.0366. The van der Waals surface area contributed by atoms with E-state index >= 15 is 0 Å². The Morgan fingerprint density at radius 1 is 1.19 bits per heavy atom. The van der Waals surface area contributed by atoms with E-state index in [2.05, 4.69) is 0 Å². The lowest BCUT2D eigenvalue weighted by atomic mass is 9.86. The van der Waals surface area contributed by atoms with E-state index in [9.17, 15) is 14.7 Å². The van der Waals surface area contributed by atoms with E-state index in [0.29, 0.717) is 22.0 Å². The second-order valence-electron chi connectivity index (χ2n) is 7.36. The zero-order valence-electron chi connectivity index (χ0n) is 15.3. The molecule has 0 fully saturated rings. The highest BCUT2D eigenvalue weighted by atomic mass is 35.5. The van der Waals surface area contributed by atoms with Crippen molar-refractivity contribution in [1.82, 2.24) is 0 Å². The van der Waals surface area contributed by atoms with E-state index in [4.69, 9.17) is 16.3 Å². The average Bonchev–Trinajstić information content (AvgIpc) is 2.59. The van der Waals surface area contributed by atoms with Gasteiger partial charge < -0.3 is 14.6 Å². The maximum atomic E-state index is 12.9. The van der Waals surface area contributed by atoms with E-state index in [1.165, 1.54) is 4.90 Å². The molecule has 0 saturated carbocycles. The summed E-state index contributed by atoms with van der Waals surface area (Å²) >= 11 is 5.88. The van der Waals surface area contributed by atoms with Gasteiger partial charge in [0, 0.05) is 5.02 Å². The zero-order chi connectivity index (χ0) is 19.8. The number of nitrogens with zero attached hydrogens (tertiary/aromatic N) is 1. The van der Waals surface area contributed by atoms with Crippen molar-refractivity contribution in [2.45, 2.75) is 26.2 Å². The van der Waals surface area contributed by atoms with Gasteiger partial charge in [-0.25, -0.2) is 0 Å². The van der Waals surface area contributed by atoms with Crippen molar-refractivity contribution >= 4 is 35.2 Å². The first-order valence-corrected chi connectivity index (χ1v) is 8.84. The first-order chi connectivity index (χ1) is 12.6. The summed E-state index contributed by atoms with van der Waals surface area (Å²) in [5, 5.41) is 11.8. The first kappa shape index (κ1) is 19.0. The molecule has 5 nitrogen and oxygen atoms in total. The smallest absolute Gasteiger partial charge is 0.294 e. The Bertz CT molecular complexity index is 926. The van der Waals surface area contributed by atoms with Crippen LogP contribution >= 0.6 is 11.6 Å². The minimum Gasteiger partial charge on any atom is -0.548 e. The second kappa shape index (κ2) is 7.08. The predicted octanol–water partition coefficient (Wildman–Crippen LogP) is 3.15. The molecule has 2 aromatic carbocycles. The summed E-state index contributed by atoms with van der Waals surface area (Å²) in [6, 6.07) is 12.3. The largest absolute Gasteiger partial charge is 0.548 e. The monoisotopic (exact) mass is 384 g/mol. The quantitative estimate of drug-likeness (QED) is 0.762. The van der Waals surface area contributed by atoms with Crippen molar-refractivity contribution in [3.63, 3.8) is 0 Å². The van der Waals surface area contributed by atoms with Crippen LogP contribution in [0.5, 0.6) is 5.75 Å². The van der Waals surface area contributed by atoms with E-state index in [1.807, 2.05) is 26.8 Å². The summed E-state index contributed by atoms with van der Waals surface area (Å²) in [6.45, 7) is 5.56. The normalized spacial score (nSPS) is 15.5. The van der Waals surface area contributed by atoms with Gasteiger partial charge in [-0.1, -0.05) is 50.6 Å². The van der Waals surface area contributed by atoms with Gasteiger partial charge in [0.05, 0.1) is 18.2 Å². The van der Waals surface area contributed by atoms with Crippen molar-refractivity contribution < 1.29 is 19.4 Å². The molecule has 0 aromatic heterocycles. The Labute approximate surface area is 162 Å². The fourth-order valence-corrected chi connectivity index (χ4v) is 2.90. The van der Waals surface area contributed by atoms with Gasteiger partial charge in [0.1, 0.15) is 0 Å². The van der Waals surface area contributed by atoms with Crippen molar-refractivity contribution in [2.24, 2.45) is 0 Å². The third kappa shape index (κ3) is 4.14. The maximum Gasteiger partial charge on any atom is 0.294 e. The third-order valence-corrected chi connectivity index (χ3v) is 4.50. The number of amides is 1. The lowest BCUT2D eigenvalue weighted by Gasteiger charge is -2.32. The van der Waals surface area contributed by atoms with Crippen LogP contribution in [-0.2, 0) is 15.0 Å². The third-order valence-electron chi connectivity index (χ3n) is 4.25. The number of hydrogen-bond acceptors (Lipinski definition) is 4. The van der Waals surface area contributed by atoms with E-state index < -0.39 is 18.4 Å². The van der Waals surface area contributed by atoms with Crippen LogP contribution in [0.4, 0.5) is 5.69 Å². The SMILES string of the molecule is CC(C)(C)c1ccc2c(c1)N(CC(=O)[O-])C(=O)C(=Cc1ccc(Cl)cc1)O2. The maximum absolute atomic E-state index is 12.9. The van der Waals surface area contributed by atoms with Gasteiger partial charge in [-0.2, -0.15) is 0 Å². The fraction of sp³-hybridized carbons (Fsp3) is 0.238. The zero-order valence-corrected chi connectivity index (χ0v) is 16.0. The van der Waals surface area contributed by atoms with Crippen LogP contribution in [-0.4, -0.2) is 18.4 Å². The number of ether oxygens (including phenoxy) is 1. The van der Waals surface area contributed by atoms with Gasteiger partial charge >= 0.3 is 0 Å². The minimum atomic E-state index is -1.34. The molecule has 0 radical (unpaired) electrons. The van der Waals surface area contributed by atoms with Gasteiger partial charge in [0.15, 0.2) is 11.5 Å². The average molecular weight is 385 g/mol. The van der Waals surface area contributed by atoms with E-state index in [0.717, 1.165) is 5.56 Å². The Balaban J connectivity index is 2.07. The molecule has 6 heteroatoms. The predicted molar refractivity (Wildman–Crippen MR) is 103 cm³/mol. The molecule has 1 heterocycles. The van der Waals surface area contributed by atoms with Gasteiger partial charge in [0.2, 0.25) is 0 Å². The molecule has 1 amide bonds. The van der Waals surface area contributed by atoms with Crippen molar-refractivity contribution in [2.75, 3.05) is 11.4 Å². The standard InChI is InChI=1S/C21H20ClNO4/c1-21(2,3)14-6-9-17-16(11-14)23(12-19(24)25)20(26)18(27-17)10-13-4-7-15(22)8-5-13/h4-11H,12H2,1-3H3,(H,24,25)/p-1. The van der Waals surface area contributed by atoms with Crippen molar-refractivity contribution in [1.29, 1.82) is 0 Å². The first-order valence-electron chi connectivity index (χ1n) is 8.46. The van der Waals surface area contributed by atoms with Crippen LogP contribution in [0.3, 0.4) is 0 Å². The second-order valence-corrected chi connectivity index (χ2v) is 7.79. The van der Waals surface area contributed by atoms with Crippen LogP contribution in [0.15, 0.2) is 48.2 Å². The topological polar surface area (TPSA) is 69.7 Å². The van der Waals surface area contributed by atoms with Crippen LogP contribution < -0.4 is 14.7 Å². The summed E-state index contributed by atoms with van der Waals surface area (Å²) < 4.78 is 5.78. The molecule has 2 aromatic rings. The molecule has 0 atom stereocenters. The lowest BCUT2D eigenvalue weighted by Crippen LogP contribution is -2.45. The fourth-order valence-electron chi connectivity index (χ4n) is 2.77. The number of carboxylic acids is 1. The summed E-state index contributed by atoms with van der Waals surface area (Å²) in [6.07, 6.45) is 1.56. The highest BCUT2D eigenvalue weighted by Gasteiger charge is 2.31. The number of carboxylic acid groups (broad SMARTS) is 1. The highest BCUT2D eigenvalue weighted by molar-refractivity contribution is 6.30. The summed E-state index contributed by atoms with van der Waals surface area (Å²) in [4.78, 5) is 25.3. The molecular formula is C21H19ClNO4-. The molecule has 27 heavy (non-hydrogen) atoms. The van der Waals surface area contributed by atoms with Crippen LogP contribution in [0.1, 0.15) is 31.9 Å². The Hall–Kier alpha value is -2.79. The van der Waals surface area contributed by atoms with Gasteiger partial charge in [-0.05, 0) is 46.9 Å². The van der Waals surface area contributed by atoms with Crippen LogP contribution in [0.2, 0.25) is 5.02 Å². The van der Waals surface area contributed by atoms with Crippen LogP contribution in [0.25, 0.3) is 6.08 Å². The molecule has 1 aliphatic heterocycles. The van der Waals surface area contributed by atoms with E-state index in [-0.39, 0.29) is 11.2 Å². The van der Waals surface area contributed by atoms with Crippen molar-refractivity contribution in [3.8, 4) is 5.75 Å². The summed E-state index contributed by atoms with van der Waals surface area (Å²) in [7, 11) is 0. The van der Waals surface area contributed by atoms with Gasteiger partial charge in [-0.15, -0.1) is 0 Å². The highest BCUT2D eigenvalue weighted by Crippen LogP contribution is 2.39. The molecule has 140 valence electrons. The molecule has 0 N–H and O–H groups in total. The number of carbonyl (C=O) groups excluding carboxylic acids is 2. The summed E-state index contributed by atoms with van der Waals surface area (Å²) in [5.74, 6) is -1.42. The van der Waals surface area contributed by atoms with Gasteiger partial charge in [0.25, 0.3) is 5.91 Å². The summed E-state index contributed by atoms with van der Waals surface area (Å²) in [5.41, 5.74) is 1.94. The van der Waals surface area contributed by atoms with Crippen LogP contribution in [0, 0.1) is 0 Å². The number of anilines is 1. The number of aliphatic carboxylic acids is 1. The van der Waals surface area contributed by atoms with Crippen molar-refractivity contribution in [3.05, 3.63) is 64.4 Å². The van der Waals surface area contributed by atoms with E-state index in [1.54, 1.807) is 42.5 Å². The van der Waals surface area contributed by atoms with Gasteiger partial charge in [-0.3, -0.25) is 9.69 Å². The molecule has 1 aliphatic rings.